The highest BCUT2D eigenvalue weighted by Gasteiger charge is 2.09. The highest BCUT2D eigenvalue weighted by Crippen LogP contribution is 2.20. The maximum atomic E-state index is 12.2. The summed E-state index contributed by atoms with van der Waals surface area (Å²) in [6, 6.07) is 10.9. The molecule has 2 heterocycles. The molecule has 0 saturated heterocycles. The molecule has 5 nitrogen and oxygen atoms in total. The molecule has 0 aliphatic carbocycles. The maximum absolute atomic E-state index is 12.2. The molecular weight excluding hydrogens is 330 g/mol. The van der Waals surface area contributed by atoms with Crippen LogP contribution in [0.5, 0.6) is 5.75 Å². The van der Waals surface area contributed by atoms with Crippen LogP contribution in [0, 0.1) is 11.3 Å². The fraction of sp³-hybridized carbons (Fsp3) is 0.188. The lowest BCUT2D eigenvalue weighted by atomic mass is 10.2. The van der Waals surface area contributed by atoms with E-state index in [1.54, 1.807) is 41.9 Å². The second kappa shape index (κ2) is 6.86. The molecule has 0 N–H and O–H groups in total. The number of benzene rings is 1. The Hall–Kier alpha value is -2.30. The normalized spacial score (nSPS) is 10.6. The monoisotopic (exact) mass is 343 g/mol. The van der Waals surface area contributed by atoms with Crippen molar-refractivity contribution in [1.82, 2.24) is 9.55 Å². The molecule has 23 heavy (non-hydrogen) atoms. The van der Waals surface area contributed by atoms with Crippen molar-refractivity contribution in [2.75, 3.05) is 12.4 Å². The van der Waals surface area contributed by atoms with Gasteiger partial charge in [-0.2, -0.15) is 5.26 Å². The van der Waals surface area contributed by atoms with Gasteiger partial charge in [-0.3, -0.25) is 9.36 Å². The molecule has 2 aromatic heterocycles. The molecule has 0 spiro atoms. The van der Waals surface area contributed by atoms with Crippen molar-refractivity contribution in [2.45, 2.75) is 5.16 Å². The molecule has 3 aromatic rings. The average molecular weight is 343 g/mol. The van der Waals surface area contributed by atoms with Crippen molar-refractivity contribution in [1.29, 1.82) is 5.26 Å². The lowest BCUT2D eigenvalue weighted by Gasteiger charge is -2.08. The molecule has 0 fully saturated rings. The van der Waals surface area contributed by atoms with E-state index in [9.17, 15) is 4.79 Å². The van der Waals surface area contributed by atoms with Gasteiger partial charge in [0.25, 0.3) is 5.56 Å². The van der Waals surface area contributed by atoms with E-state index >= 15 is 0 Å². The minimum absolute atomic E-state index is 0.0215. The van der Waals surface area contributed by atoms with Crippen molar-refractivity contribution in [3.63, 3.8) is 0 Å². The molecule has 0 bridgehead atoms. The van der Waals surface area contributed by atoms with Crippen molar-refractivity contribution in [3.8, 4) is 11.8 Å². The fourth-order valence-electron chi connectivity index (χ4n) is 2.03. The number of thiophene rings is 1. The molecule has 116 valence electrons. The minimum atomic E-state index is -0.0215. The van der Waals surface area contributed by atoms with Crippen LogP contribution in [0.2, 0.25) is 0 Å². The van der Waals surface area contributed by atoms with Gasteiger partial charge in [-0.25, -0.2) is 4.98 Å². The second-order valence-corrected chi connectivity index (χ2v) is 6.69. The number of hydrogen-bond donors (Lipinski definition) is 0. The van der Waals surface area contributed by atoms with E-state index in [1.165, 1.54) is 23.1 Å². The minimum Gasteiger partial charge on any atom is -0.493 e. The Bertz CT molecular complexity index is 923. The lowest BCUT2D eigenvalue weighted by Crippen LogP contribution is -2.19. The molecule has 0 saturated carbocycles. The van der Waals surface area contributed by atoms with Gasteiger partial charge >= 0.3 is 0 Å². The molecule has 0 aliphatic rings. The van der Waals surface area contributed by atoms with E-state index < -0.39 is 0 Å². The number of rotatable bonds is 5. The molecule has 0 unspecified atom stereocenters. The van der Waals surface area contributed by atoms with Crippen LogP contribution in [-0.4, -0.2) is 21.9 Å². The number of thioether (sulfide) groups is 1. The van der Waals surface area contributed by atoms with Gasteiger partial charge in [0.05, 0.1) is 23.6 Å². The van der Waals surface area contributed by atoms with Gasteiger partial charge in [0.1, 0.15) is 10.6 Å². The van der Waals surface area contributed by atoms with Crippen molar-refractivity contribution in [2.24, 2.45) is 7.05 Å². The Labute approximate surface area is 141 Å². The number of hydrogen-bond acceptors (Lipinski definition) is 6. The predicted molar refractivity (Wildman–Crippen MR) is 92.2 cm³/mol. The molecule has 3 rings (SSSR count). The van der Waals surface area contributed by atoms with Crippen LogP contribution in [0.3, 0.4) is 0 Å². The largest absolute Gasteiger partial charge is 0.493 e. The molecule has 1 aromatic carbocycles. The summed E-state index contributed by atoms with van der Waals surface area (Å²) in [7, 11) is 1.73. The zero-order valence-electron chi connectivity index (χ0n) is 12.4. The molecule has 0 amide bonds. The third kappa shape index (κ3) is 3.38. The Morgan fingerprint density at radius 3 is 2.87 bits per heavy atom. The van der Waals surface area contributed by atoms with Gasteiger partial charge in [-0.15, -0.1) is 11.3 Å². The maximum Gasteiger partial charge on any atom is 0.262 e. The summed E-state index contributed by atoms with van der Waals surface area (Å²) >= 11 is 2.96. The number of fused-ring (bicyclic) bond motifs is 1. The summed E-state index contributed by atoms with van der Waals surface area (Å²) in [5, 5.41) is 12.0. The standard InChI is InChI=1S/C16H13N3O2S2/c1-19-15(20)13-6-8-22-14(13)18-16(19)23-9-7-21-12-4-2-11(10-17)3-5-12/h2-6,8H,7,9H2,1H3. The van der Waals surface area contributed by atoms with Crippen LogP contribution in [0.15, 0.2) is 45.7 Å². The van der Waals surface area contributed by atoms with Gasteiger partial charge in [-0.05, 0) is 35.7 Å². The van der Waals surface area contributed by atoms with Gasteiger partial charge in [-0.1, -0.05) is 11.8 Å². The highest BCUT2D eigenvalue weighted by atomic mass is 32.2. The summed E-state index contributed by atoms with van der Waals surface area (Å²) in [5.41, 5.74) is 0.585. The van der Waals surface area contributed by atoms with E-state index in [1.807, 2.05) is 5.38 Å². The summed E-state index contributed by atoms with van der Waals surface area (Å²) < 4.78 is 7.20. The van der Waals surface area contributed by atoms with E-state index in [4.69, 9.17) is 10.00 Å². The average Bonchev–Trinajstić information content (AvgIpc) is 3.05. The van der Waals surface area contributed by atoms with Crippen molar-refractivity contribution < 1.29 is 4.74 Å². The van der Waals surface area contributed by atoms with Crippen molar-refractivity contribution >= 4 is 33.3 Å². The second-order valence-electron chi connectivity index (χ2n) is 4.73. The van der Waals surface area contributed by atoms with Crippen LogP contribution in [0.4, 0.5) is 0 Å². The quantitative estimate of drug-likeness (QED) is 0.405. The fourth-order valence-corrected chi connectivity index (χ4v) is 3.62. The smallest absolute Gasteiger partial charge is 0.262 e. The zero-order valence-corrected chi connectivity index (χ0v) is 14.0. The lowest BCUT2D eigenvalue weighted by molar-refractivity contribution is 0.344. The first-order valence-corrected chi connectivity index (χ1v) is 8.75. The SMILES string of the molecule is Cn1c(SCCOc2ccc(C#N)cc2)nc2sccc2c1=O. The summed E-state index contributed by atoms with van der Waals surface area (Å²) in [6.45, 7) is 0.495. The van der Waals surface area contributed by atoms with Gasteiger partial charge in [0.2, 0.25) is 0 Å². The van der Waals surface area contributed by atoms with E-state index in [2.05, 4.69) is 11.1 Å². The van der Waals surface area contributed by atoms with E-state index in [-0.39, 0.29) is 5.56 Å². The van der Waals surface area contributed by atoms with E-state index in [0.29, 0.717) is 28.5 Å². The topological polar surface area (TPSA) is 67.9 Å². The molecule has 0 aliphatic heterocycles. The van der Waals surface area contributed by atoms with Gasteiger partial charge in [0.15, 0.2) is 5.16 Å². The first kappa shape index (κ1) is 15.6. The summed E-state index contributed by atoms with van der Waals surface area (Å²) in [6.07, 6.45) is 0. The highest BCUT2D eigenvalue weighted by molar-refractivity contribution is 7.99. The van der Waals surface area contributed by atoms with Crippen LogP contribution >= 0.6 is 23.1 Å². The molecular formula is C16H13N3O2S2. The van der Waals surface area contributed by atoms with Crippen LogP contribution < -0.4 is 10.3 Å². The van der Waals surface area contributed by atoms with Crippen LogP contribution in [0.25, 0.3) is 10.2 Å². The Kier molecular flexibility index (Phi) is 4.65. The third-order valence-corrected chi connectivity index (χ3v) is 5.03. The Balaban J connectivity index is 1.61. The first-order valence-electron chi connectivity index (χ1n) is 6.89. The van der Waals surface area contributed by atoms with Gasteiger partial charge in [0, 0.05) is 12.8 Å². The first-order chi connectivity index (χ1) is 11.2. The Morgan fingerprint density at radius 2 is 2.13 bits per heavy atom. The number of aromatic nitrogens is 2. The van der Waals surface area contributed by atoms with Crippen LogP contribution in [-0.2, 0) is 7.05 Å². The summed E-state index contributed by atoms with van der Waals surface area (Å²) in [5.74, 6) is 1.40. The van der Waals surface area contributed by atoms with Gasteiger partial charge < -0.3 is 4.74 Å². The number of nitriles is 1. The molecule has 0 radical (unpaired) electrons. The third-order valence-electron chi connectivity index (χ3n) is 3.23. The van der Waals surface area contributed by atoms with Crippen LogP contribution in [0.1, 0.15) is 5.56 Å². The van der Waals surface area contributed by atoms with E-state index in [0.717, 1.165) is 10.6 Å². The van der Waals surface area contributed by atoms with Crippen molar-refractivity contribution in [3.05, 3.63) is 51.6 Å². The predicted octanol–water partition coefficient (Wildman–Crippen LogP) is 3.04. The molecule has 7 heteroatoms. The number of nitrogens with zero attached hydrogens (tertiary/aromatic N) is 3. The summed E-state index contributed by atoms with van der Waals surface area (Å²) in [4.78, 5) is 17.5. The Morgan fingerprint density at radius 1 is 1.35 bits per heavy atom. The molecule has 0 atom stereocenters. The number of ether oxygens (including phenoxy) is 1. The zero-order chi connectivity index (χ0) is 16.2.